The molecule has 1 heterocycles. The van der Waals surface area contributed by atoms with Gasteiger partial charge in [-0.25, -0.2) is 0 Å². The van der Waals surface area contributed by atoms with E-state index >= 15 is 0 Å². The summed E-state index contributed by atoms with van der Waals surface area (Å²) in [5.41, 5.74) is 2.26. The summed E-state index contributed by atoms with van der Waals surface area (Å²) in [4.78, 5) is 30.7. The SMILES string of the molecule is CCCCc1ccc(C(=O)N(CC(=O)N(CCc2ccc(OC)c(OC)c2)Cc2ccco2)C(C)(C)C)cc1. The number of amides is 2. The Morgan fingerprint density at radius 3 is 2.18 bits per heavy atom. The lowest BCUT2D eigenvalue weighted by atomic mass is 10.0. The molecule has 0 spiro atoms. The quantitative estimate of drug-likeness (QED) is 0.263. The van der Waals surface area contributed by atoms with E-state index in [1.807, 2.05) is 75.4 Å². The molecule has 7 nitrogen and oxygen atoms in total. The summed E-state index contributed by atoms with van der Waals surface area (Å²) in [6, 6.07) is 17.2. The van der Waals surface area contributed by atoms with Gasteiger partial charge in [0, 0.05) is 17.6 Å². The Kier molecular flexibility index (Phi) is 10.6. The van der Waals surface area contributed by atoms with Crippen LogP contribution < -0.4 is 9.47 Å². The van der Waals surface area contributed by atoms with E-state index in [0.29, 0.717) is 42.3 Å². The molecule has 0 saturated heterocycles. The predicted molar refractivity (Wildman–Crippen MR) is 153 cm³/mol. The number of carbonyl (C=O) groups is 2. The van der Waals surface area contributed by atoms with Gasteiger partial charge < -0.3 is 23.7 Å². The number of ether oxygens (including phenoxy) is 2. The van der Waals surface area contributed by atoms with Gasteiger partial charge in [-0.3, -0.25) is 9.59 Å². The molecule has 0 saturated carbocycles. The second kappa shape index (κ2) is 13.9. The lowest BCUT2D eigenvalue weighted by molar-refractivity contribution is -0.133. The number of rotatable bonds is 13. The van der Waals surface area contributed by atoms with Gasteiger partial charge in [0.15, 0.2) is 11.5 Å². The van der Waals surface area contributed by atoms with Crippen molar-refractivity contribution in [2.24, 2.45) is 0 Å². The topological polar surface area (TPSA) is 72.2 Å². The standard InChI is InChI=1S/C32H42N2O5/c1-7-8-10-24-12-15-26(16-13-24)31(36)34(32(2,3)4)23-30(35)33(22-27-11-9-20-39-27)19-18-25-14-17-28(37-5)29(21-25)38-6/h9,11-17,20-21H,7-8,10,18-19,22-23H2,1-6H3. The molecule has 0 unspecified atom stereocenters. The Labute approximate surface area is 232 Å². The fourth-order valence-corrected chi connectivity index (χ4v) is 4.38. The highest BCUT2D eigenvalue weighted by molar-refractivity contribution is 5.97. The van der Waals surface area contributed by atoms with Gasteiger partial charge in [0.05, 0.1) is 27.0 Å². The molecular weight excluding hydrogens is 492 g/mol. The van der Waals surface area contributed by atoms with Crippen LogP contribution >= 0.6 is 0 Å². The van der Waals surface area contributed by atoms with E-state index < -0.39 is 5.54 Å². The van der Waals surface area contributed by atoms with E-state index in [1.54, 1.807) is 30.3 Å². The number of aryl methyl sites for hydroxylation is 1. The molecule has 0 aliphatic heterocycles. The second-order valence-corrected chi connectivity index (χ2v) is 10.7. The van der Waals surface area contributed by atoms with Crippen LogP contribution in [0.3, 0.4) is 0 Å². The highest BCUT2D eigenvalue weighted by atomic mass is 16.5. The van der Waals surface area contributed by atoms with Crippen molar-refractivity contribution in [2.75, 3.05) is 27.3 Å². The summed E-state index contributed by atoms with van der Waals surface area (Å²) < 4.78 is 16.3. The molecule has 39 heavy (non-hydrogen) atoms. The summed E-state index contributed by atoms with van der Waals surface area (Å²) in [6.07, 6.45) is 5.44. The maximum absolute atomic E-state index is 13.7. The lowest BCUT2D eigenvalue weighted by Gasteiger charge is -2.37. The molecule has 2 amide bonds. The molecule has 7 heteroatoms. The Balaban J connectivity index is 1.78. The normalized spacial score (nSPS) is 11.2. The van der Waals surface area contributed by atoms with Gasteiger partial charge in [0.25, 0.3) is 5.91 Å². The summed E-state index contributed by atoms with van der Waals surface area (Å²) in [7, 11) is 3.20. The zero-order valence-corrected chi connectivity index (χ0v) is 24.2. The third-order valence-electron chi connectivity index (χ3n) is 6.77. The number of benzene rings is 2. The van der Waals surface area contributed by atoms with Gasteiger partial charge in [-0.05, 0) is 87.6 Å². The molecule has 210 valence electrons. The minimum Gasteiger partial charge on any atom is -0.493 e. The first-order chi connectivity index (χ1) is 18.7. The van der Waals surface area contributed by atoms with Crippen LogP contribution in [0.2, 0.25) is 0 Å². The molecule has 1 aromatic heterocycles. The lowest BCUT2D eigenvalue weighted by Crippen LogP contribution is -2.51. The van der Waals surface area contributed by atoms with Crippen LogP contribution in [0.1, 0.15) is 67.8 Å². The smallest absolute Gasteiger partial charge is 0.254 e. The van der Waals surface area contributed by atoms with Gasteiger partial charge in [-0.1, -0.05) is 31.5 Å². The Morgan fingerprint density at radius 1 is 0.897 bits per heavy atom. The van der Waals surface area contributed by atoms with Crippen molar-refractivity contribution in [3.8, 4) is 11.5 Å². The maximum atomic E-state index is 13.7. The number of methoxy groups -OCH3 is 2. The van der Waals surface area contributed by atoms with E-state index in [9.17, 15) is 9.59 Å². The average Bonchev–Trinajstić information content (AvgIpc) is 3.45. The number of furan rings is 1. The highest BCUT2D eigenvalue weighted by Crippen LogP contribution is 2.28. The first kappa shape index (κ1) is 29.8. The molecule has 0 N–H and O–H groups in total. The van der Waals surface area contributed by atoms with Crippen molar-refractivity contribution in [1.29, 1.82) is 0 Å². The number of hydrogen-bond donors (Lipinski definition) is 0. The minimum absolute atomic E-state index is 0.0352. The van der Waals surface area contributed by atoms with Crippen molar-refractivity contribution >= 4 is 11.8 Å². The fourth-order valence-electron chi connectivity index (χ4n) is 4.38. The molecule has 3 rings (SSSR count). The zero-order chi connectivity index (χ0) is 28.4. The molecule has 0 bridgehead atoms. The Hall–Kier alpha value is -3.74. The highest BCUT2D eigenvalue weighted by Gasteiger charge is 2.31. The molecule has 0 aliphatic rings. The number of nitrogens with zero attached hydrogens (tertiary/aromatic N) is 2. The molecule has 0 atom stereocenters. The first-order valence-corrected chi connectivity index (χ1v) is 13.6. The molecule has 0 aliphatic carbocycles. The van der Waals surface area contributed by atoms with E-state index in [0.717, 1.165) is 24.8 Å². The van der Waals surface area contributed by atoms with Crippen LogP contribution in [0, 0.1) is 0 Å². The predicted octanol–water partition coefficient (Wildman–Crippen LogP) is 6.15. The van der Waals surface area contributed by atoms with Gasteiger partial charge in [0.2, 0.25) is 5.91 Å². The minimum atomic E-state index is -0.548. The third kappa shape index (κ3) is 8.37. The molecule has 0 radical (unpaired) electrons. The molecule has 0 fully saturated rings. The van der Waals surface area contributed by atoms with Crippen molar-refractivity contribution < 1.29 is 23.5 Å². The number of carbonyl (C=O) groups excluding carboxylic acids is 2. The Morgan fingerprint density at radius 2 is 1.59 bits per heavy atom. The molecule has 3 aromatic rings. The zero-order valence-electron chi connectivity index (χ0n) is 24.2. The van der Waals surface area contributed by atoms with Crippen LogP contribution in [0.5, 0.6) is 11.5 Å². The molecular formula is C32H42N2O5. The number of hydrogen-bond acceptors (Lipinski definition) is 5. The van der Waals surface area contributed by atoms with Crippen molar-refractivity contribution in [1.82, 2.24) is 9.80 Å². The van der Waals surface area contributed by atoms with Gasteiger partial charge in [-0.2, -0.15) is 0 Å². The van der Waals surface area contributed by atoms with Crippen LogP contribution in [-0.4, -0.2) is 54.5 Å². The van der Waals surface area contributed by atoms with E-state index in [4.69, 9.17) is 13.9 Å². The average molecular weight is 535 g/mol. The molecule has 2 aromatic carbocycles. The van der Waals surface area contributed by atoms with Crippen LogP contribution in [-0.2, 0) is 24.2 Å². The van der Waals surface area contributed by atoms with Crippen molar-refractivity contribution in [3.63, 3.8) is 0 Å². The Bertz CT molecular complexity index is 1200. The fraction of sp³-hybridized carbons (Fsp3) is 0.438. The third-order valence-corrected chi connectivity index (χ3v) is 6.77. The van der Waals surface area contributed by atoms with Gasteiger partial charge >= 0.3 is 0 Å². The van der Waals surface area contributed by atoms with Crippen molar-refractivity contribution in [3.05, 3.63) is 83.3 Å². The van der Waals surface area contributed by atoms with Gasteiger partial charge in [-0.15, -0.1) is 0 Å². The summed E-state index contributed by atoms with van der Waals surface area (Å²) in [5, 5.41) is 0. The number of unbranched alkanes of at least 4 members (excludes halogenated alkanes) is 1. The largest absolute Gasteiger partial charge is 0.493 e. The second-order valence-electron chi connectivity index (χ2n) is 10.7. The van der Waals surface area contributed by atoms with Crippen molar-refractivity contribution in [2.45, 2.75) is 65.5 Å². The summed E-state index contributed by atoms with van der Waals surface area (Å²) in [6.45, 7) is 8.76. The van der Waals surface area contributed by atoms with Crippen LogP contribution in [0.4, 0.5) is 0 Å². The maximum Gasteiger partial charge on any atom is 0.254 e. The summed E-state index contributed by atoms with van der Waals surface area (Å²) in [5.74, 6) is 1.68. The van der Waals surface area contributed by atoms with Crippen LogP contribution in [0.25, 0.3) is 0 Å². The van der Waals surface area contributed by atoms with E-state index in [1.165, 1.54) is 5.56 Å². The first-order valence-electron chi connectivity index (χ1n) is 13.6. The van der Waals surface area contributed by atoms with E-state index in [2.05, 4.69) is 6.92 Å². The monoisotopic (exact) mass is 534 g/mol. The van der Waals surface area contributed by atoms with Crippen LogP contribution in [0.15, 0.2) is 65.3 Å². The van der Waals surface area contributed by atoms with E-state index in [-0.39, 0.29) is 18.4 Å². The van der Waals surface area contributed by atoms with Gasteiger partial charge in [0.1, 0.15) is 12.3 Å². The summed E-state index contributed by atoms with van der Waals surface area (Å²) >= 11 is 0.